The second-order valence-corrected chi connectivity index (χ2v) is 7.98. The molecule has 126 valence electrons. The fourth-order valence-electron chi connectivity index (χ4n) is 2.65. The van der Waals surface area contributed by atoms with Crippen LogP contribution in [0.3, 0.4) is 0 Å². The second-order valence-electron chi connectivity index (χ2n) is 5.72. The highest BCUT2D eigenvalue weighted by atomic mass is 32.2. The van der Waals surface area contributed by atoms with Crippen molar-refractivity contribution in [3.05, 3.63) is 29.8 Å². The number of anilines is 1. The van der Waals surface area contributed by atoms with Crippen molar-refractivity contribution in [2.24, 2.45) is 5.92 Å². The van der Waals surface area contributed by atoms with E-state index < -0.39 is 10.0 Å². The van der Waals surface area contributed by atoms with Crippen molar-refractivity contribution >= 4 is 27.4 Å². The van der Waals surface area contributed by atoms with Gasteiger partial charge in [-0.15, -0.1) is 0 Å². The molecule has 0 radical (unpaired) electrons. The van der Waals surface area contributed by atoms with Crippen LogP contribution < -0.4 is 5.32 Å². The van der Waals surface area contributed by atoms with E-state index in [1.807, 2.05) is 0 Å². The Morgan fingerprint density at radius 2 is 2.09 bits per heavy atom. The van der Waals surface area contributed by atoms with Gasteiger partial charge in [-0.05, 0) is 38.8 Å². The summed E-state index contributed by atoms with van der Waals surface area (Å²) in [4.78, 5) is 23.8. The number of hydrogen-bond acceptors (Lipinski definition) is 4. The number of benzene rings is 1. The van der Waals surface area contributed by atoms with Gasteiger partial charge in [0.15, 0.2) is 5.78 Å². The van der Waals surface area contributed by atoms with E-state index in [0.29, 0.717) is 30.6 Å². The predicted octanol–water partition coefficient (Wildman–Crippen LogP) is 1.89. The van der Waals surface area contributed by atoms with Gasteiger partial charge in [-0.2, -0.15) is 0 Å². The van der Waals surface area contributed by atoms with E-state index in [9.17, 15) is 18.0 Å². The van der Waals surface area contributed by atoms with E-state index in [0.717, 1.165) is 0 Å². The highest BCUT2D eigenvalue weighted by Crippen LogP contribution is 2.21. The van der Waals surface area contributed by atoms with Crippen LogP contribution in [0.1, 0.15) is 37.0 Å². The number of piperidine rings is 1. The molecule has 1 aromatic carbocycles. The van der Waals surface area contributed by atoms with Crippen LogP contribution in [0.25, 0.3) is 0 Å². The lowest BCUT2D eigenvalue weighted by atomic mass is 9.98. The molecule has 0 spiro atoms. The van der Waals surface area contributed by atoms with Crippen molar-refractivity contribution in [1.29, 1.82) is 0 Å². The summed E-state index contributed by atoms with van der Waals surface area (Å²) in [6, 6.07) is 6.74. The molecular weight excluding hydrogens is 316 g/mol. The molecule has 1 fully saturated rings. The molecule has 1 atom stereocenters. The molecule has 0 unspecified atom stereocenters. The Morgan fingerprint density at radius 1 is 1.35 bits per heavy atom. The van der Waals surface area contributed by atoms with Gasteiger partial charge in [0.2, 0.25) is 15.9 Å². The Balaban J connectivity index is 2.06. The highest BCUT2D eigenvalue weighted by molar-refractivity contribution is 7.89. The normalized spacial score (nSPS) is 19.3. The molecule has 6 nitrogen and oxygen atoms in total. The zero-order chi connectivity index (χ0) is 17.0. The van der Waals surface area contributed by atoms with Crippen LogP contribution in [-0.4, -0.2) is 43.3 Å². The summed E-state index contributed by atoms with van der Waals surface area (Å²) >= 11 is 0. The van der Waals surface area contributed by atoms with E-state index in [-0.39, 0.29) is 29.9 Å². The minimum Gasteiger partial charge on any atom is -0.326 e. The number of sulfonamides is 1. The fourth-order valence-corrected chi connectivity index (χ4v) is 3.83. The third-order valence-corrected chi connectivity index (χ3v) is 5.90. The molecule has 1 saturated heterocycles. The van der Waals surface area contributed by atoms with Crippen molar-refractivity contribution < 1.29 is 18.0 Å². The van der Waals surface area contributed by atoms with Gasteiger partial charge in [-0.25, -0.2) is 12.7 Å². The summed E-state index contributed by atoms with van der Waals surface area (Å²) in [6.45, 7) is 3.76. The third kappa shape index (κ3) is 4.39. The molecule has 0 aliphatic carbocycles. The molecule has 1 N–H and O–H groups in total. The Bertz CT molecular complexity index is 700. The van der Waals surface area contributed by atoms with Gasteiger partial charge in [0, 0.05) is 24.3 Å². The summed E-state index contributed by atoms with van der Waals surface area (Å²) < 4.78 is 25.3. The number of nitrogens with one attached hydrogen (secondary N) is 1. The summed E-state index contributed by atoms with van der Waals surface area (Å²) in [6.07, 6.45) is 1.33. The SMILES string of the molecule is CCS(=O)(=O)N1CCC[C@@H](C(=O)Nc2cccc(C(C)=O)c2)C1. The lowest BCUT2D eigenvalue weighted by Crippen LogP contribution is -2.44. The Kier molecular flexibility index (Phi) is 5.54. The molecule has 1 aliphatic rings. The molecule has 0 aromatic heterocycles. The summed E-state index contributed by atoms with van der Waals surface area (Å²) in [5, 5.41) is 2.78. The number of carbonyl (C=O) groups is 2. The summed E-state index contributed by atoms with van der Waals surface area (Å²) in [5.41, 5.74) is 1.08. The molecular formula is C16H22N2O4S. The first-order valence-corrected chi connectivity index (χ1v) is 9.34. The van der Waals surface area contributed by atoms with Crippen molar-refractivity contribution in [1.82, 2.24) is 4.31 Å². The fraction of sp³-hybridized carbons (Fsp3) is 0.500. The van der Waals surface area contributed by atoms with Gasteiger partial charge in [0.05, 0.1) is 11.7 Å². The van der Waals surface area contributed by atoms with Gasteiger partial charge >= 0.3 is 0 Å². The van der Waals surface area contributed by atoms with Crippen molar-refractivity contribution in [2.75, 3.05) is 24.2 Å². The zero-order valence-corrected chi connectivity index (χ0v) is 14.2. The molecule has 0 saturated carbocycles. The number of carbonyl (C=O) groups excluding carboxylic acids is 2. The van der Waals surface area contributed by atoms with Crippen LogP contribution in [0.5, 0.6) is 0 Å². The van der Waals surface area contributed by atoms with Crippen LogP contribution in [0.4, 0.5) is 5.69 Å². The van der Waals surface area contributed by atoms with E-state index in [2.05, 4.69) is 5.32 Å². The molecule has 1 aliphatic heterocycles. The van der Waals surface area contributed by atoms with Crippen molar-refractivity contribution in [3.63, 3.8) is 0 Å². The van der Waals surface area contributed by atoms with Crippen LogP contribution in [0.2, 0.25) is 0 Å². The predicted molar refractivity (Wildman–Crippen MR) is 88.8 cm³/mol. The largest absolute Gasteiger partial charge is 0.326 e. The molecule has 7 heteroatoms. The average Bonchev–Trinajstić information content (AvgIpc) is 2.55. The zero-order valence-electron chi connectivity index (χ0n) is 13.4. The number of amides is 1. The van der Waals surface area contributed by atoms with Crippen molar-refractivity contribution in [2.45, 2.75) is 26.7 Å². The highest BCUT2D eigenvalue weighted by Gasteiger charge is 2.31. The van der Waals surface area contributed by atoms with Gasteiger partial charge in [-0.3, -0.25) is 9.59 Å². The summed E-state index contributed by atoms with van der Waals surface area (Å²) in [7, 11) is -3.27. The van der Waals surface area contributed by atoms with E-state index in [1.54, 1.807) is 31.2 Å². The van der Waals surface area contributed by atoms with Crippen LogP contribution in [0, 0.1) is 5.92 Å². The third-order valence-electron chi connectivity index (χ3n) is 4.05. The maximum atomic E-state index is 12.4. The minimum atomic E-state index is -3.27. The minimum absolute atomic E-state index is 0.0436. The number of hydrogen-bond donors (Lipinski definition) is 1. The maximum Gasteiger partial charge on any atom is 0.228 e. The molecule has 1 amide bonds. The lowest BCUT2D eigenvalue weighted by molar-refractivity contribution is -0.120. The smallest absolute Gasteiger partial charge is 0.228 e. The van der Waals surface area contributed by atoms with Crippen LogP contribution in [0.15, 0.2) is 24.3 Å². The lowest BCUT2D eigenvalue weighted by Gasteiger charge is -2.30. The van der Waals surface area contributed by atoms with E-state index >= 15 is 0 Å². The quantitative estimate of drug-likeness (QED) is 0.831. The first-order valence-electron chi connectivity index (χ1n) is 7.73. The maximum absolute atomic E-state index is 12.4. The number of ketones is 1. The van der Waals surface area contributed by atoms with E-state index in [4.69, 9.17) is 0 Å². The molecule has 1 aromatic rings. The molecule has 23 heavy (non-hydrogen) atoms. The van der Waals surface area contributed by atoms with Gasteiger partial charge in [-0.1, -0.05) is 12.1 Å². The monoisotopic (exact) mass is 338 g/mol. The number of Topliss-reactive ketones (excluding diaryl/α,β-unsaturated/α-hetero) is 1. The number of nitrogens with zero attached hydrogens (tertiary/aromatic N) is 1. The van der Waals surface area contributed by atoms with Crippen molar-refractivity contribution in [3.8, 4) is 0 Å². The van der Waals surface area contributed by atoms with Gasteiger partial charge in [0.25, 0.3) is 0 Å². The summed E-state index contributed by atoms with van der Waals surface area (Å²) in [5.74, 6) is -0.603. The van der Waals surface area contributed by atoms with Gasteiger partial charge in [0.1, 0.15) is 0 Å². The average molecular weight is 338 g/mol. The molecule has 0 bridgehead atoms. The first kappa shape index (κ1) is 17.6. The van der Waals surface area contributed by atoms with E-state index in [1.165, 1.54) is 11.2 Å². The molecule has 1 heterocycles. The first-order chi connectivity index (χ1) is 10.8. The molecule has 2 rings (SSSR count). The van der Waals surface area contributed by atoms with Crippen LogP contribution >= 0.6 is 0 Å². The van der Waals surface area contributed by atoms with Crippen LogP contribution in [-0.2, 0) is 14.8 Å². The Hall–Kier alpha value is -1.73. The number of rotatable bonds is 5. The van der Waals surface area contributed by atoms with Gasteiger partial charge < -0.3 is 5.32 Å². The second kappa shape index (κ2) is 7.23. The topological polar surface area (TPSA) is 83.6 Å². The standard InChI is InChI=1S/C16H22N2O4S/c1-3-23(21,22)18-9-5-7-14(11-18)16(20)17-15-8-4-6-13(10-15)12(2)19/h4,6,8,10,14H,3,5,7,9,11H2,1-2H3,(H,17,20)/t14-/m1/s1. The Morgan fingerprint density at radius 3 is 2.74 bits per heavy atom. The Labute approximate surface area is 136 Å².